The van der Waals surface area contributed by atoms with E-state index >= 15 is 0 Å². The minimum absolute atomic E-state index is 0.0946. The molecular weight excluding hydrogens is 292 g/mol. The van der Waals surface area contributed by atoms with Crippen molar-refractivity contribution in [3.05, 3.63) is 23.8 Å². The van der Waals surface area contributed by atoms with Crippen LogP contribution in [-0.2, 0) is 9.53 Å². The first-order valence-corrected chi connectivity index (χ1v) is 6.45. The van der Waals surface area contributed by atoms with Gasteiger partial charge in [0, 0.05) is 0 Å². The van der Waals surface area contributed by atoms with E-state index in [2.05, 4.69) is 0 Å². The number of nitrogens with one attached hydrogen (secondary N) is 1. The lowest BCUT2D eigenvalue weighted by Gasteiger charge is -2.20. The van der Waals surface area contributed by atoms with Crippen molar-refractivity contribution in [3.8, 4) is 11.5 Å². The van der Waals surface area contributed by atoms with Gasteiger partial charge in [-0.3, -0.25) is 10.1 Å². The zero-order valence-electron chi connectivity index (χ0n) is 12.5. The van der Waals surface area contributed by atoms with Crippen molar-refractivity contribution >= 4 is 17.9 Å². The van der Waals surface area contributed by atoms with Crippen molar-refractivity contribution in [1.82, 2.24) is 5.32 Å². The molecule has 0 aliphatic heterocycles. The van der Waals surface area contributed by atoms with Gasteiger partial charge < -0.3 is 20.3 Å². The molecule has 1 aromatic carbocycles. The van der Waals surface area contributed by atoms with Crippen molar-refractivity contribution in [2.75, 3.05) is 7.11 Å². The van der Waals surface area contributed by atoms with E-state index in [1.165, 1.54) is 25.3 Å². The van der Waals surface area contributed by atoms with Crippen molar-refractivity contribution in [3.63, 3.8) is 0 Å². The number of urea groups is 1. The molecule has 22 heavy (non-hydrogen) atoms. The third-order valence-electron chi connectivity index (χ3n) is 2.78. The van der Waals surface area contributed by atoms with Crippen LogP contribution in [0.5, 0.6) is 11.5 Å². The third-order valence-corrected chi connectivity index (χ3v) is 2.78. The van der Waals surface area contributed by atoms with Gasteiger partial charge in [-0.05, 0) is 18.1 Å². The fourth-order valence-corrected chi connectivity index (χ4v) is 1.72. The number of esters is 1. The highest BCUT2D eigenvalue weighted by Gasteiger charge is 2.29. The van der Waals surface area contributed by atoms with Crippen LogP contribution >= 0.6 is 0 Å². The molecule has 3 amide bonds. The molecule has 1 rings (SSSR count). The summed E-state index contributed by atoms with van der Waals surface area (Å²) in [4.78, 5) is 34.6. The van der Waals surface area contributed by atoms with E-state index in [0.717, 1.165) is 0 Å². The zero-order valence-corrected chi connectivity index (χ0v) is 12.5. The molecule has 0 aliphatic rings. The maximum atomic E-state index is 12.1. The number of para-hydroxylation sites is 1. The number of primary amides is 1. The number of ether oxygens (including phenoxy) is 2. The highest BCUT2D eigenvalue weighted by atomic mass is 16.5. The van der Waals surface area contributed by atoms with Crippen molar-refractivity contribution in [2.24, 2.45) is 11.7 Å². The minimum atomic E-state index is -1.23. The van der Waals surface area contributed by atoms with Gasteiger partial charge in [0.05, 0.1) is 7.11 Å². The van der Waals surface area contributed by atoms with E-state index in [4.69, 9.17) is 15.2 Å². The predicted molar refractivity (Wildman–Crippen MR) is 76.4 cm³/mol. The smallest absolute Gasteiger partial charge is 0.342 e. The quantitative estimate of drug-likeness (QED) is 0.689. The number of imide groups is 1. The van der Waals surface area contributed by atoms with Crippen LogP contribution in [0.4, 0.5) is 4.79 Å². The molecule has 0 saturated heterocycles. The number of carbonyl (C=O) groups is 3. The summed E-state index contributed by atoms with van der Waals surface area (Å²) in [6, 6.07) is 3.23. The van der Waals surface area contributed by atoms with Gasteiger partial charge in [0.2, 0.25) is 0 Å². The summed E-state index contributed by atoms with van der Waals surface area (Å²) < 4.78 is 9.96. The second-order valence-corrected chi connectivity index (χ2v) is 4.78. The Morgan fingerprint density at radius 2 is 1.91 bits per heavy atom. The van der Waals surface area contributed by atoms with Gasteiger partial charge in [-0.2, -0.15) is 0 Å². The average molecular weight is 310 g/mol. The Morgan fingerprint density at radius 3 is 2.41 bits per heavy atom. The molecule has 0 aromatic heterocycles. The maximum absolute atomic E-state index is 12.1. The lowest BCUT2D eigenvalue weighted by Crippen LogP contribution is -2.45. The van der Waals surface area contributed by atoms with E-state index in [-0.39, 0.29) is 11.3 Å². The summed E-state index contributed by atoms with van der Waals surface area (Å²) in [5, 5.41) is 11.7. The second-order valence-electron chi connectivity index (χ2n) is 4.78. The first-order valence-electron chi connectivity index (χ1n) is 6.45. The predicted octanol–water partition coefficient (Wildman–Crippen LogP) is 0.777. The minimum Gasteiger partial charge on any atom is -0.504 e. The highest BCUT2D eigenvalue weighted by molar-refractivity contribution is 5.99. The fraction of sp³-hybridized carbons (Fsp3) is 0.357. The van der Waals surface area contributed by atoms with Crippen molar-refractivity contribution in [1.29, 1.82) is 0 Å². The number of carbonyl (C=O) groups excluding carboxylic acids is 3. The van der Waals surface area contributed by atoms with E-state index in [1.54, 1.807) is 13.8 Å². The Balaban J connectivity index is 2.97. The molecule has 0 unspecified atom stereocenters. The molecule has 0 spiro atoms. The molecule has 8 heteroatoms. The van der Waals surface area contributed by atoms with Crippen LogP contribution in [-0.4, -0.2) is 36.2 Å². The molecule has 0 saturated carbocycles. The Morgan fingerprint density at radius 1 is 1.27 bits per heavy atom. The monoisotopic (exact) mass is 310 g/mol. The van der Waals surface area contributed by atoms with Crippen LogP contribution < -0.4 is 15.8 Å². The number of methoxy groups -OCH3 is 1. The lowest BCUT2D eigenvalue weighted by atomic mass is 10.1. The molecule has 8 nitrogen and oxygen atoms in total. The first-order chi connectivity index (χ1) is 10.3. The topological polar surface area (TPSA) is 128 Å². The summed E-state index contributed by atoms with van der Waals surface area (Å²) in [6.07, 6.45) is -1.23. The molecule has 1 atom stereocenters. The number of rotatable bonds is 5. The SMILES string of the molecule is COc1cccc(C(=O)O[C@@H](C(=O)NC(N)=O)C(C)C)c1O. The molecular formula is C14H18N2O6. The Hall–Kier alpha value is -2.77. The molecule has 120 valence electrons. The Labute approximate surface area is 127 Å². The fourth-order valence-electron chi connectivity index (χ4n) is 1.72. The number of phenolic OH excluding ortho intramolecular Hbond substituents is 1. The summed E-state index contributed by atoms with van der Waals surface area (Å²) >= 11 is 0. The lowest BCUT2D eigenvalue weighted by molar-refractivity contribution is -0.130. The standard InChI is InChI=1S/C14H18N2O6/c1-7(2)11(12(18)16-14(15)20)22-13(19)8-5-4-6-9(21-3)10(8)17/h4-7,11,17H,1-3H3,(H3,15,16,18,20)/t11-/m1/s1. The van der Waals surface area contributed by atoms with Gasteiger partial charge in [-0.25, -0.2) is 9.59 Å². The number of nitrogens with two attached hydrogens (primary N) is 1. The van der Waals surface area contributed by atoms with E-state index < -0.39 is 35.7 Å². The van der Waals surface area contributed by atoms with Gasteiger partial charge in [0.1, 0.15) is 5.56 Å². The van der Waals surface area contributed by atoms with Gasteiger partial charge in [0.25, 0.3) is 5.91 Å². The Bertz CT molecular complexity index is 585. The number of benzene rings is 1. The molecule has 0 radical (unpaired) electrons. The molecule has 0 heterocycles. The van der Waals surface area contributed by atoms with Crippen LogP contribution in [0.3, 0.4) is 0 Å². The number of phenols is 1. The number of amides is 3. The van der Waals surface area contributed by atoms with Gasteiger partial charge in [-0.1, -0.05) is 19.9 Å². The van der Waals surface area contributed by atoms with Crippen molar-refractivity contribution in [2.45, 2.75) is 20.0 Å². The van der Waals surface area contributed by atoms with Crippen LogP contribution in [0, 0.1) is 5.92 Å². The zero-order chi connectivity index (χ0) is 16.9. The first kappa shape index (κ1) is 17.3. The maximum Gasteiger partial charge on any atom is 0.342 e. The van der Waals surface area contributed by atoms with Gasteiger partial charge >= 0.3 is 12.0 Å². The largest absolute Gasteiger partial charge is 0.504 e. The third kappa shape index (κ3) is 4.11. The molecule has 0 aliphatic carbocycles. The normalized spacial score (nSPS) is 11.6. The molecule has 0 fully saturated rings. The number of aromatic hydroxyl groups is 1. The van der Waals surface area contributed by atoms with E-state index in [0.29, 0.717) is 0 Å². The van der Waals surface area contributed by atoms with Gasteiger partial charge in [-0.15, -0.1) is 0 Å². The van der Waals surface area contributed by atoms with Crippen LogP contribution in [0.1, 0.15) is 24.2 Å². The molecule has 0 bridgehead atoms. The molecule has 4 N–H and O–H groups in total. The van der Waals surface area contributed by atoms with Gasteiger partial charge in [0.15, 0.2) is 17.6 Å². The van der Waals surface area contributed by atoms with Crippen LogP contribution in [0.15, 0.2) is 18.2 Å². The summed E-state index contributed by atoms with van der Waals surface area (Å²) in [5.74, 6) is -2.46. The molecule has 1 aromatic rings. The number of hydrogen-bond acceptors (Lipinski definition) is 6. The van der Waals surface area contributed by atoms with Crippen LogP contribution in [0.25, 0.3) is 0 Å². The van der Waals surface area contributed by atoms with Crippen molar-refractivity contribution < 1.29 is 29.0 Å². The summed E-state index contributed by atoms with van der Waals surface area (Å²) in [7, 11) is 1.33. The average Bonchev–Trinajstić information content (AvgIpc) is 2.43. The van der Waals surface area contributed by atoms with E-state index in [1.807, 2.05) is 5.32 Å². The number of hydrogen-bond donors (Lipinski definition) is 3. The van der Waals surface area contributed by atoms with Crippen LogP contribution in [0.2, 0.25) is 0 Å². The summed E-state index contributed by atoms with van der Waals surface area (Å²) in [5.41, 5.74) is 4.71. The van der Waals surface area contributed by atoms with E-state index in [9.17, 15) is 19.5 Å². The summed E-state index contributed by atoms with van der Waals surface area (Å²) in [6.45, 7) is 3.26. The highest BCUT2D eigenvalue weighted by Crippen LogP contribution is 2.30. The Kier molecular flexibility index (Phi) is 5.73. The second kappa shape index (κ2) is 7.30.